The predicted octanol–water partition coefficient (Wildman–Crippen LogP) is 1.85. The summed E-state index contributed by atoms with van der Waals surface area (Å²) in [5, 5.41) is 0. The highest BCUT2D eigenvalue weighted by atomic mass is 16.1. The normalized spacial score (nSPS) is 17.3. The van der Waals surface area contributed by atoms with Crippen molar-refractivity contribution in [2.24, 2.45) is 7.05 Å². The number of anilines is 1. The Hall–Kier alpha value is -3.32. The highest BCUT2D eigenvalue weighted by molar-refractivity contribution is 6.00. The fraction of sp³-hybridized carbons (Fsp3) is 0.273. The van der Waals surface area contributed by atoms with Crippen LogP contribution in [0.3, 0.4) is 0 Å². The Morgan fingerprint density at radius 1 is 1.03 bits per heavy atom. The second kappa shape index (κ2) is 7.97. The van der Waals surface area contributed by atoms with Crippen molar-refractivity contribution in [2.45, 2.75) is 6.04 Å². The first-order valence-electron chi connectivity index (χ1n) is 9.57. The molecule has 148 valence electrons. The van der Waals surface area contributed by atoms with Crippen LogP contribution >= 0.6 is 0 Å². The van der Waals surface area contributed by atoms with E-state index in [1.165, 1.54) is 6.07 Å². The zero-order chi connectivity index (χ0) is 20.4. The summed E-state index contributed by atoms with van der Waals surface area (Å²) in [5.41, 5.74) is 2.01. The number of carbonyl (C=O) groups is 1. The van der Waals surface area contributed by atoms with Crippen LogP contribution in [-0.2, 0) is 7.05 Å². The van der Waals surface area contributed by atoms with Gasteiger partial charge >= 0.3 is 0 Å². The van der Waals surface area contributed by atoms with Gasteiger partial charge in [0.05, 0.1) is 11.7 Å². The minimum atomic E-state index is -0.298. The number of ketones is 1. The smallest absolute Gasteiger partial charge is 0.255 e. The zero-order valence-electron chi connectivity index (χ0n) is 16.5. The second-order valence-electron chi connectivity index (χ2n) is 7.25. The van der Waals surface area contributed by atoms with Gasteiger partial charge < -0.3 is 4.90 Å². The van der Waals surface area contributed by atoms with Gasteiger partial charge in [0.2, 0.25) is 5.95 Å². The number of carbonyl (C=O) groups excluding carboxylic acids is 1. The monoisotopic (exact) mass is 389 g/mol. The standard InChI is InChI=1S/C22H23N5O2/c1-25-12-13-27(15-19(25)21(29)17-6-4-3-5-7-17)22-24-18(14-20(28)26(22)2)16-8-10-23-11-9-16/h3-11,14,19H,12-13,15H2,1-2H3. The van der Waals surface area contributed by atoms with Crippen LogP contribution in [0.4, 0.5) is 5.95 Å². The Bertz CT molecular complexity index is 1070. The van der Waals surface area contributed by atoms with E-state index in [1.54, 1.807) is 24.0 Å². The number of Topliss-reactive ketones (excluding diaryl/α,β-unsaturated/α-hetero) is 1. The van der Waals surface area contributed by atoms with E-state index in [0.717, 1.165) is 5.56 Å². The summed E-state index contributed by atoms with van der Waals surface area (Å²) in [6.07, 6.45) is 3.36. The number of hydrogen-bond donors (Lipinski definition) is 0. The number of likely N-dealkylation sites (N-methyl/N-ethyl adjacent to an activating group) is 1. The van der Waals surface area contributed by atoms with Crippen molar-refractivity contribution in [3.8, 4) is 11.3 Å². The van der Waals surface area contributed by atoms with Gasteiger partial charge in [-0.25, -0.2) is 4.98 Å². The van der Waals surface area contributed by atoms with E-state index in [4.69, 9.17) is 4.98 Å². The van der Waals surface area contributed by atoms with Crippen molar-refractivity contribution >= 4 is 11.7 Å². The minimum Gasteiger partial charge on any atom is -0.339 e. The Labute approximate surface area is 169 Å². The molecule has 0 saturated carbocycles. The fourth-order valence-electron chi connectivity index (χ4n) is 3.61. The summed E-state index contributed by atoms with van der Waals surface area (Å²) in [6, 6.07) is 14.2. The van der Waals surface area contributed by atoms with Crippen molar-refractivity contribution in [1.29, 1.82) is 0 Å². The molecule has 0 radical (unpaired) electrons. The van der Waals surface area contributed by atoms with Crippen LogP contribution in [0.5, 0.6) is 0 Å². The van der Waals surface area contributed by atoms with Crippen LogP contribution in [0.15, 0.2) is 65.7 Å². The van der Waals surface area contributed by atoms with Crippen LogP contribution in [0, 0.1) is 0 Å². The third kappa shape index (κ3) is 3.82. The van der Waals surface area contributed by atoms with Crippen LogP contribution in [0.2, 0.25) is 0 Å². The zero-order valence-corrected chi connectivity index (χ0v) is 16.5. The van der Waals surface area contributed by atoms with Crippen molar-refractivity contribution in [2.75, 3.05) is 31.6 Å². The average Bonchev–Trinajstić information content (AvgIpc) is 2.77. The second-order valence-corrected chi connectivity index (χ2v) is 7.25. The van der Waals surface area contributed by atoms with E-state index >= 15 is 0 Å². The maximum atomic E-state index is 13.1. The Morgan fingerprint density at radius 3 is 2.48 bits per heavy atom. The average molecular weight is 389 g/mol. The van der Waals surface area contributed by atoms with Crippen molar-refractivity contribution in [3.63, 3.8) is 0 Å². The third-order valence-corrected chi connectivity index (χ3v) is 5.38. The molecule has 0 bridgehead atoms. The fourth-order valence-corrected chi connectivity index (χ4v) is 3.61. The highest BCUT2D eigenvalue weighted by Gasteiger charge is 2.32. The van der Waals surface area contributed by atoms with E-state index in [1.807, 2.05) is 54.4 Å². The summed E-state index contributed by atoms with van der Waals surface area (Å²) in [4.78, 5) is 38.5. The van der Waals surface area contributed by atoms with Crippen LogP contribution in [-0.4, -0.2) is 57.9 Å². The maximum absolute atomic E-state index is 13.1. The first-order valence-corrected chi connectivity index (χ1v) is 9.57. The van der Waals surface area contributed by atoms with Crippen molar-refractivity contribution < 1.29 is 4.79 Å². The lowest BCUT2D eigenvalue weighted by Gasteiger charge is -2.39. The molecule has 1 aromatic carbocycles. The van der Waals surface area contributed by atoms with Crippen LogP contribution in [0.1, 0.15) is 10.4 Å². The van der Waals surface area contributed by atoms with Crippen molar-refractivity contribution in [1.82, 2.24) is 19.4 Å². The van der Waals surface area contributed by atoms with Crippen LogP contribution < -0.4 is 10.5 Å². The van der Waals surface area contributed by atoms with E-state index in [2.05, 4.69) is 9.88 Å². The predicted molar refractivity (Wildman–Crippen MR) is 112 cm³/mol. The molecular weight excluding hydrogens is 366 g/mol. The Balaban J connectivity index is 1.67. The molecule has 1 aliphatic heterocycles. The van der Waals surface area contributed by atoms with E-state index in [9.17, 15) is 9.59 Å². The first-order chi connectivity index (χ1) is 14.0. The molecule has 7 heteroatoms. The number of rotatable bonds is 4. The Kier molecular flexibility index (Phi) is 5.22. The molecule has 1 aliphatic rings. The van der Waals surface area contributed by atoms with E-state index < -0.39 is 0 Å². The molecule has 2 aromatic heterocycles. The molecule has 1 saturated heterocycles. The molecule has 1 atom stereocenters. The van der Waals surface area contributed by atoms with Gasteiger partial charge in [0.1, 0.15) is 0 Å². The molecule has 1 unspecified atom stereocenters. The van der Waals surface area contributed by atoms with Gasteiger partial charge in [0, 0.05) is 56.3 Å². The first kappa shape index (κ1) is 19.0. The molecule has 29 heavy (non-hydrogen) atoms. The summed E-state index contributed by atoms with van der Waals surface area (Å²) in [7, 11) is 3.68. The number of nitrogens with zero attached hydrogens (tertiary/aromatic N) is 5. The van der Waals surface area contributed by atoms with Gasteiger partial charge in [-0.15, -0.1) is 0 Å². The lowest BCUT2D eigenvalue weighted by molar-refractivity contribution is 0.0835. The van der Waals surface area contributed by atoms with Gasteiger partial charge in [-0.2, -0.15) is 0 Å². The van der Waals surface area contributed by atoms with E-state index in [-0.39, 0.29) is 17.4 Å². The number of piperazine rings is 1. The van der Waals surface area contributed by atoms with Gasteiger partial charge in [-0.3, -0.25) is 24.0 Å². The molecule has 0 aliphatic carbocycles. The van der Waals surface area contributed by atoms with Gasteiger partial charge in [-0.05, 0) is 19.2 Å². The number of aromatic nitrogens is 3. The molecule has 7 nitrogen and oxygen atoms in total. The molecule has 4 rings (SSSR count). The minimum absolute atomic E-state index is 0.0769. The number of pyridine rings is 1. The molecule has 0 amide bonds. The highest BCUT2D eigenvalue weighted by Crippen LogP contribution is 2.21. The van der Waals surface area contributed by atoms with E-state index in [0.29, 0.717) is 36.8 Å². The molecule has 0 spiro atoms. The number of hydrogen-bond acceptors (Lipinski definition) is 6. The number of benzene rings is 1. The lowest BCUT2D eigenvalue weighted by atomic mass is 10.0. The molecule has 0 N–H and O–H groups in total. The molecular formula is C22H23N5O2. The molecule has 3 heterocycles. The van der Waals surface area contributed by atoms with Gasteiger partial charge in [-0.1, -0.05) is 30.3 Å². The molecule has 3 aromatic rings. The van der Waals surface area contributed by atoms with Gasteiger partial charge in [0.25, 0.3) is 5.56 Å². The topological polar surface area (TPSA) is 71.3 Å². The maximum Gasteiger partial charge on any atom is 0.255 e. The summed E-state index contributed by atoms with van der Waals surface area (Å²) in [6.45, 7) is 1.87. The summed E-state index contributed by atoms with van der Waals surface area (Å²) in [5.74, 6) is 0.649. The van der Waals surface area contributed by atoms with Crippen molar-refractivity contribution in [3.05, 3.63) is 76.8 Å². The van der Waals surface area contributed by atoms with Crippen LogP contribution in [0.25, 0.3) is 11.3 Å². The Morgan fingerprint density at radius 2 is 1.76 bits per heavy atom. The SMILES string of the molecule is CN1CCN(c2nc(-c3ccncc3)cc(=O)n2C)CC1C(=O)c1ccccc1. The quantitative estimate of drug-likeness (QED) is 0.634. The summed E-state index contributed by atoms with van der Waals surface area (Å²) < 4.78 is 1.54. The van der Waals surface area contributed by atoms with Gasteiger partial charge in [0.15, 0.2) is 5.78 Å². The largest absolute Gasteiger partial charge is 0.339 e. The summed E-state index contributed by atoms with van der Waals surface area (Å²) >= 11 is 0. The molecule has 1 fully saturated rings. The lowest BCUT2D eigenvalue weighted by Crippen LogP contribution is -2.56. The third-order valence-electron chi connectivity index (χ3n) is 5.38.